The van der Waals surface area contributed by atoms with Gasteiger partial charge in [-0.05, 0) is 24.1 Å². The number of aliphatic hydroxyl groups is 1. The molecule has 1 saturated heterocycles. The number of hydrogen-bond acceptors (Lipinski definition) is 7. The van der Waals surface area contributed by atoms with E-state index in [-0.39, 0.29) is 11.7 Å². The maximum atomic E-state index is 12.5. The standard InChI is InChI=1S/C18H18N8O3/c1-2-11-12(24-25-19)14(27)18(29-11)26-9-22-13-15(20-8-21-16(13)26)23-17(28)10-6-4-3-5-7-10/h3-9,11-12,14,18,27H,2H2,1H3,(H,20,21,23,28)/t11-,12-,14+,18-/m1/s1. The molecule has 1 aliphatic heterocycles. The van der Waals surface area contributed by atoms with Crippen LogP contribution in [0.15, 0.2) is 48.1 Å². The van der Waals surface area contributed by atoms with Gasteiger partial charge in [0.1, 0.15) is 12.4 Å². The van der Waals surface area contributed by atoms with Crippen LogP contribution in [-0.2, 0) is 4.74 Å². The molecule has 0 radical (unpaired) electrons. The highest BCUT2D eigenvalue weighted by Gasteiger charge is 2.44. The van der Waals surface area contributed by atoms with Crippen molar-refractivity contribution in [3.63, 3.8) is 0 Å². The number of anilines is 1. The molecule has 1 aliphatic rings. The van der Waals surface area contributed by atoms with Crippen LogP contribution in [0.4, 0.5) is 5.82 Å². The van der Waals surface area contributed by atoms with Gasteiger partial charge in [0.2, 0.25) is 0 Å². The van der Waals surface area contributed by atoms with Crippen LogP contribution in [0.2, 0.25) is 0 Å². The number of imidazole rings is 1. The van der Waals surface area contributed by atoms with Crippen molar-refractivity contribution in [1.82, 2.24) is 19.5 Å². The number of rotatable bonds is 5. The van der Waals surface area contributed by atoms with Crippen molar-refractivity contribution >= 4 is 22.9 Å². The number of hydrogen-bond donors (Lipinski definition) is 2. The minimum absolute atomic E-state index is 0.244. The molecule has 0 bridgehead atoms. The number of azide groups is 1. The van der Waals surface area contributed by atoms with Gasteiger partial charge in [0.05, 0.1) is 18.5 Å². The van der Waals surface area contributed by atoms with E-state index in [1.807, 2.05) is 13.0 Å². The fraction of sp³-hybridized carbons (Fsp3) is 0.333. The second kappa shape index (κ2) is 7.84. The summed E-state index contributed by atoms with van der Waals surface area (Å²) in [5, 5.41) is 17.0. The zero-order valence-corrected chi connectivity index (χ0v) is 15.5. The number of aromatic nitrogens is 4. The van der Waals surface area contributed by atoms with E-state index in [0.29, 0.717) is 23.1 Å². The van der Waals surface area contributed by atoms with E-state index >= 15 is 0 Å². The second-order valence-electron chi connectivity index (χ2n) is 6.53. The van der Waals surface area contributed by atoms with E-state index in [1.54, 1.807) is 28.8 Å². The number of carbonyl (C=O) groups excluding carboxylic acids is 1. The number of benzene rings is 1. The van der Waals surface area contributed by atoms with Gasteiger partial charge in [0, 0.05) is 10.5 Å². The summed E-state index contributed by atoms with van der Waals surface area (Å²) >= 11 is 0. The SMILES string of the molecule is CC[C@H]1O[C@@H](n2cnc3c(NC(=O)c4ccccc4)ncnc32)[C@@H](O)[C@@H]1N=[N+]=[N-]. The number of fused-ring (bicyclic) bond motifs is 1. The maximum Gasteiger partial charge on any atom is 0.256 e. The molecule has 1 aromatic carbocycles. The summed E-state index contributed by atoms with van der Waals surface area (Å²) in [7, 11) is 0. The van der Waals surface area contributed by atoms with E-state index in [1.165, 1.54) is 12.7 Å². The van der Waals surface area contributed by atoms with Crippen LogP contribution in [0.25, 0.3) is 21.6 Å². The number of aliphatic hydroxyl groups excluding tert-OH is 1. The number of carbonyl (C=O) groups is 1. The molecular weight excluding hydrogens is 376 g/mol. The molecule has 0 aliphatic carbocycles. The molecule has 4 atom stereocenters. The van der Waals surface area contributed by atoms with Gasteiger partial charge in [-0.25, -0.2) is 15.0 Å². The first kappa shape index (κ1) is 18.8. The van der Waals surface area contributed by atoms with Crippen LogP contribution >= 0.6 is 0 Å². The molecule has 29 heavy (non-hydrogen) atoms. The van der Waals surface area contributed by atoms with Crippen molar-refractivity contribution in [2.75, 3.05) is 5.32 Å². The summed E-state index contributed by atoms with van der Waals surface area (Å²) in [6.45, 7) is 1.88. The molecule has 2 aromatic heterocycles. The van der Waals surface area contributed by atoms with E-state index < -0.39 is 24.5 Å². The van der Waals surface area contributed by atoms with E-state index in [4.69, 9.17) is 10.3 Å². The molecule has 0 spiro atoms. The fourth-order valence-electron chi connectivity index (χ4n) is 3.40. The molecule has 4 rings (SSSR count). The smallest absolute Gasteiger partial charge is 0.256 e. The van der Waals surface area contributed by atoms with Gasteiger partial charge in [-0.2, -0.15) is 0 Å². The maximum absolute atomic E-state index is 12.5. The molecule has 0 saturated carbocycles. The first-order valence-corrected chi connectivity index (χ1v) is 9.05. The largest absolute Gasteiger partial charge is 0.388 e. The number of nitrogens with one attached hydrogen (secondary N) is 1. The lowest BCUT2D eigenvalue weighted by molar-refractivity contribution is -0.0355. The Hall–Kier alpha value is -3.53. The van der Waals surface area contributed by atoms with Crippen LogP contribution in [0, 0.1) is 0 Å². The third kappa shape index (κ3) is 3.38. The highest BCUT2D eigenvalue weighted by Crippen LogP contribution is 2.35. The third-order valence-corrected chi connectivity index (χ3v) is 4.83. The molecular formula is C18H18N8O3. The Morgan fingerprint density at radius 1 is 1.34 bits per heavy atom. The van der Waals surface area contributed by atoms with Gasteiger partial charge < -0.3 is 15.2 Å². The lowest BCUT2D eigenvalue weighted by Gasteiger charge is -2.16. The lowest BCUT2D eigenvalue weighted by Crippen LogP contribution is -2.29. The van der Waals surface area contributed by atoms with Crippen molar-refractivity contribution in [2.24, 2.45) is 5.11 Å². The molecule has 11 nitrogen and oxygen atoms in total. The fourth-order valence-corrected chi connectivity index (χ4v) is 3.40. The normalized spacial score (nSPS) is 23.7. The molecule has 3 heterocycles. The lowest BCUT2D eigenvalue weighted by atomic mass is 10.1. The Kier molecular flexibility index (Phi) is 5.09. The van der Waals surface area contributed by atoms with E-state index in [9.17, 15) is 9.90 Å². The van der Waals surface area contributed by atoms with Gasteiger partial charge in [-0.15, -0.1) is 0 Å². The Balaban J connectivity index is 1.66. The quantitative estimate of drug-likeness (QED) is 0.385. The Morgan fingerprint density at radius 3 is 2.86 bits per heavy atom. The highest BCUT2D eigenvalue weighted by atomic mass is 16.5. The predicted octanol–water partition coefficient (Wildman–Crippen LogP) is 2.43. The van der Waals surface area contributed by atoms with Crippen molar-refractivity contribution in [2.45, 2.75) is 37.8 Å². The molecule has 0 unspecified atom stereocenters. The summed E-state index contributed by atoms with van der Waals surface area (Å²) in [5.41, 5.74) is 9.99. The van der Waals surface area contributed by atoms with Crippen LogP contribution in [0.5, 0.6) is 0 Å². The van der Waals surface area contributed by atoms with Crippen molar-refractivity contribution in [1.29, 1.82) is 0 Å². The Labute approximate surface area is 165 Å². The topological polar surface area (TPSA) is 151 Å². The van der Waals surface area contributed by atoms with Crippen LogP contribution in [0.1, 0.15) is 29.9 Å². The van der Waals surface area contributed by atoms with Gasteiger partial charge in [-0.3, -0.25) is 9.36 Å². The molecule has 2 N–H and O–H groups in total. The molecule has 1 fully saturated rings. The minimum atomic E-state index is -1.06. The average Bonchev–Trinajstić information content (AvgIpc) is 3.31. The van der Waals surface area contributed by atoms with Gasteiger partial charge in [0.25, 0.3) is 5.91 Å². The highest BCUT2D eigenvalue weighted by molar-refractivity contribution is 6.06. The van der Waals surface area contributed by atoms with Crippen molar-refractivity contribution in [3.05, 3.63) is 59.0 Å². The summed E-state index contributed by atoms with van der Waals surface area (Å²) < 4.78 is 7.44. The van der Waals surface area contributed by atoms with Gasteiger partial charge in [-0.1, -0.05) is 30.2 Å². The molecule has 11 heteroatoms. The molecule has 1 amide bonds. The summed E-state index contributed by atoms with van der Waals surface area (Å²) in [6.07, 6.45) is 0.999. The Bertz CT molecular complexity index is 1080. The zero-order chi connectivity index (χ0) is 20.4. The van der Waals surface area contributed by atoms with Gasteiger partial charge >= 0.3 is 0 Å². The van der Waals surface area contributed by atoms with Crippen LogP contribution < -0.4 is 5.32 Å². The molecule has 148 valence electrons. The second-order valence-corrected chi connectivity index (χ2v) is 6.53. The third-order valence-electron chi connectivity index (χ3n) is 4.83. The van der Waals surface area contributed by atoms with Crippen LogP contribution in [0.3, 0.4) is 0 Å². The first-order valence-electron chi connectivity index (χ1n) is 9.05. The van der Waals surface area contributed by atoms with Crippen LogP contribution in [-0.4, -0.2) is 48.8 Å². The summed E-state index contributed by atoms with van der Waals surface area (Å²) in [6, 6.07) is 8.02. The zero-order valence-electron chi connectivity index (χ0n) is 15.5. The Morgan fingerprint density at radius 2 is 2.14 bits per heavy atom. The predicted molar refractivity (Wildman–Crippen MR) is 103 cm³/mol. The van der Waals surface area contributed by atoms with Crippen molar-refractivity contribution in [3.8, 4) is 0 Å². The number of amides is 1. The van der Waals surface area contributed by atoms with E-state index in [2.05, 4.69) is 30.3 Å². The average molecular weight is 394 g/mol. The van der Waals surface area contributed by atoms with E-state index in [0.717, 1.165) is 0 Å². The summed E-state index contributed by atoms with van der Waals surface area (Å²) in [5.74, 6) is -0.0829. The van der Waals surface area contributed by atoms with Crippen molar-refractivity contribution < 1.29 is 14.6 Å². The number of nitrogens with zero attached hydrogens (tertiary/aromatic N) is 7. The first-order chi connectivity index (χ1) is 14.1. The number of ether oxygens (including phenoxy) is 1. The summed E-state index contributed by atoms with van der Waals surface area (Å²) in [4.78, 5) is 27.9. The monoisotopic (exact) mass is 394 g/mol. The molecule has 3 aromatic rings. The minimum Gasteiger partial charge on any atom is -0.388 e. The van der Waals surface area contributed by atoms with Gasteiger partial charge in [0.15, 0.2) is 23.2 Å².